The SMILES string of the molecule is C=C(C)c1c(C)ccc2c(=O)c3ccc(C)cc3[nH]c12. The van der Waals surface area contributed by atoms with Gasteiger partial charge in [-0.05, 0) is 55.7 Å². The Labute approximate surface area is 117 Å². The molecule has 0 spiro atoms. The minimum Gasteiger partial charge on any atom is -0.354 e. The third-order valence-corrected chi connectivity index (χ3v) is 3.76. The molecule has 0 amide bonds. The summed E-state index contributed by atoms with van der Waals surface area (Å²) in [6, 6.07) is 9.76. The lowest BCUT2D eigenvalue weighted by Crippen LogP contribution is -2.06. The monoisotopic (exact) mass is 263 g/mol. The van der Waals surface area contributed by atoms with Crippen LogP contribution in [0, 0.1) is 13.8 Å². The number of nitrogens with one attached hydrogen (secondary N) is 1. The van der Waals surface area contributed by atoms with Gasteiger partial charge in [-0.2, -0.15) is 0 Å². The second kappa shape index (κ2) is 4.34. The number of H-pyrrole nitrogens is 1. The minimum absolute atomic E-state index is 0.0799. The zero-order valence-electron chi connectivity index (χ0n) is 12.0. The van der Waals surface area contributed by atoms with Gasteiger partial charge < -0.3 is 4.98 Å². The molecule has 2 nitrogen and oxygen atoms in total. The van der Waals surface area contributed by atoms with Crippen LogP contribution in [-0.4, -0.2) is 4.98 Å². The Morgan fingerprint density at radius 1 is 1.10 bits per heavy atom. The highest BCUT2D eigenvalue weighted by Gasteiger charge is 2.11. The second-order valence-electron chi connectivity index (χ2n) is 5.46. The van der Waals surface area contributed by atoms with Gasteiger partial charge in [0.2, 0.25) is 0 Å². The molecule has 0 fully saturated rings. The molecule has 3 aromatic rings. The third kappa shape index (κ3) is 1.76. The standard InChI is InChI=1S/C18H17NO/c1-10(2)16-12(4)6-8-14-17(16)19-15-9-11(3)5-7-13(15)18(14)20/h5-9H,1H2,2-4H3,(H,19,20). The van der Waals surface area contributed by atoms with Crippen molar-refractivity contribution in [2.24, 2.45) is 0 Å². The molecule has 2 aromatic carbocycles. The van der Waals surface area contributed by atoms with Crippen molar-refractivity contribution >= 4 is 27.4 Å². The highest BCUT2D eigenvalue weighted by atomic mass is 16.1. The largest absolute Gasteiger partial charge is 0.354 e. The van der Waals surface area contributed by atoms with E-state index in [1.165, 1.54) is 0 Å². The van der Waals surface area contributed by atoms with Gasteiger partial charge in [0.05, 0.1) is 11.0 Å². The Balaban J connectivity index is 2.60. The van der Waals surface area contributed by atoms with E-state index < -0.39 is 0 Å². The number of aryl methyl sites for hydroxylation is 2. The van der Waals surface area contributed by atoms with Gasteiger partial charge in [0.1, 0.15) is 0 Å². The first-order valence-electron chi connectivity index (χ1n) is 6.71. The molecule has 100 valence electrons. The van der Waals surface area contributed by atoms with E-state index in [2.05, 4.69) is 11.6 Å². The predicted molar refractivity (Wildman–Crippen MR) is 86.3 cm³/mol. The van der Waals surface area contributed by atoms with Gasteiger partial charge in [-0.1, -0.05) is 18.7 Å². The average molecular weight is 263 g/mol. The molecule has 2 heteroatoms. The van der Waals surface area contributed by atoms with Crippen LogP contribution in [0.25, 0.3) is 27.4 Å². The Bertz CT molecular complexity index is 916. The Hall–Kier alpha value is -2.35. The van der Waals surface area contributed by atoms with Crippen LogP contribution in [0.1, 0.15) is 23.6 Å². The van der Waals surface area contributed by atoms with Crippen LogP contribution in [0.4, 0.5) is 0 Å². The van der Waals surface area contributed by atoms with E-state index >= 15 is 0 Å². The van der Waals surface area contributed by atoms with E-state index in [-0.39, 0.29) is 5.43 Å². The maximum Gasteiger partial charge on any atom is 0.197 e. The molecule has 0 bridgehead atoms. The topological polar surface area (TPSA) is 32.9 Å². The summed E-state index contributed by atoms with van der Waals surface area (Å²) in [4.78, 5) is 16.1. The molecule has 0 atom stereocenters. The number of benzene rings is 2. The Kier molecular flexibility index (Phi) is 2.75. The number of hydrogen-bond donors (Lipinski definition) is 1. The van der Waals surface area contributed by atoms with Crippen LogP contribution in [-0.2, 0) is 0 Å². The summed E-state index contributed by atoms with van der Waals surface area (Å²) in [7, 11) is 0. The van der Waals surface area contributed by atoms with Gasteiger partial charge in [0.15, 0.2) is 5.43 Å². The van der Waals surface area contributed by atoms with Crippen molar-refractivity contribution in [3.05, 3.63) is 63.8 Å². The zero-order chi connectivity index (χ0) is 14.4. The maximum absolute atomic E-state index is 12.6. The van der Waals surface area contributed by atoms with Gasteiger partial charge in [-0.15, -0.1) is 0 Å². The molecule has 0 saturated heterocycles. The van der Waals surface area contributed by atoms with Gasteiger partial charge >= 0.3 is 0 Å². The van der Waals surface area contributed by atoms with Gasteiger partial charge in [-0.3, -0.25) is 4.79 Å². The normalized spacial score (nSPS) is 11.2. The van der Waals surface area contributed by atoms with Crippen molar-refractivity contribution in [2.45, 2.75) is 20.8 Å². The van der Waals surface area contributed by atoms with E-state index in [0.29, 0.717) is 0 Å². The quantitative estimate of drug-likeness (QED) is 0.651. The summed E-state index contributed by atoms with van der Waals surface area (Å²) in [5, 5.41) is 1.46. The lowest BCUT2D eigenvalue weighted by atomic mass is 9.97. The van der Waals surface area contributed by atoms with Crippen molar-refractivity contribution in [1.29, 1.82) is 0 Å². The number of fused-ring (bicyclic) bond motifs is 2. The van der Waals surface area contributed by atoms with Crippen LogP contribution in [0.15, 0.2) is 41.7 Å². The van der Waals surface area contributed by atoms with Crippen LogP contribution in [0.5, 0.6) is 0 Å². The number of rotatable bonds is 1. The van der Waals surface area contributed by atoms with Crippen LogP contribution < -0.4 is 5.43 Å². The number of aromatic amines is 1. The second-order valence-corrected chi connectivity index (χ2v) is 5.46. The maximum atomic E-state index is 12.6. The van der Waals surface area contributed by atoms with Crippen molar-refractivity contribution < 1.29 is 0 Å². The van der Waals surface area contributed by atoms with Gasteiger partial charge in [0.25, 0.3) is 0 Å². The molecular weight excluding hydrogens is 246 g/mol. The molecule has 0 aliphatic heterocycles. The zero-order valence-corrected chi connectivity index (χ0v) is 12.0. The van der Waals surface area contributed by atoms with Gasteiger partial charge in [-0.25, -0.2) is 0 Å². The fraction of sp³-hybridized carbons (Fsp3) is 0.167. The first-order valence-corrected chi connectivity index (χ1v) is 6.71. The van der Waals surface area contributed by atoms with Crippen LogP contribution in [0.3, 0.4) is 0 Å². The molecule has 1 aromatic heterocycles. The summed E-state index contributed by atoms with van der Waals surface area (Å²) >= 11 is 0. The van der Waals surface area contributed by atoms with E-state index in [1.807, 2.05) is 51.1 Å². The van der Waals surface area contributed by atoms with Crippen molar-refractivity contribution in [2.75, 3.05) is 0 Å². The lowest BCUT2D eigenvalue weighted by molar-refractivity contribution is 1.38. The number of hydrogen-bond acceptors (Lipinski definition) is 1. The average Bonchev–Trinajstić information content (AvgIpc) is 2.37. The molecule has 0 aliphatic carbocycles. The Morgan fingerprint density at radius 3 is 2.50 bits per heavy atom. The summed E-state index contributed by atoms with van der Waals surface area (Å²) in [5.74, 6) is 0. The van der Waals surface area contributed by atoms with E-state index in [4.69, 9.17) is 0 Å². The van der Waals surface area contributed by atoms with Crippen molar-refractivity contribution in [3.8, 4) is 0 Å². The van der Waals surface area contributed by atoms with Crippen LogP contribution in [0.2, 0.25) is 0 Å². The minimum atomic E-state index is 0.0799. The molecule has 1 heterocycles. The fourth-order valence-electron chi connectivity index (χ4n) is 2.82. The summed E-state index contributed by atoms with van der Waals surface area (Å²) < 4.78 is 0. The number of aromatic nitrogens is 1. The molecule has 1 N–H and O–H groups in total. The highest BCUT2D eigenvalue weighted by Crippen LogP contribution is 2.26. The molecule has 3 rings (SSSR count). The molecule has 0 aliphatic rings. The molecular formula is C18H17NO. The summed E-state index contributed by atoms with van der Waals surface area (Å²) in [6.07, 6.45) is 0. The number of allylic oxidation sites excluding steroid dienone is 1. The van der Waals surface area contributed by atoms with Crippen LogP contribution >= 0.6 is 0 Å². The van der Waals surface area contributed by atoms with E-state index in [9.17, 15) is 4.79 Å². The molecule has 20 heavy (non-hydrogen) atoms. The third-order valence-electron chi connectivity index (χ3n) is 3.76. The fourth-order valence-corrected chi connectivity index (χ4v) is 2.82. The van der Waals surface area contributed by atoms with E-state index in [1.54, 1.807) is 0 Å². The predicted octanol–water partition coefficient (Wildman–Crippen LogP) is 4.33. The smallest absolute Gasteiger partial charge is 0.197 e. The molecule has 0 unspecified atom stereocenters. The summed E-state index contributed by atoms with van der Waals surface area (Å²) in [5.41, 5.74) is 6.14. The Morgan fingerprint density at radius 2 is 1.80 bits per heavy atom. The first kappa shape index (κ1) is 12.7. The first-order chi connectivity index (χ1) is 9.49. The van der Waals surface area contributed by atoms with Crippen molar-refractivity contribution in [1.82, 2.24) is 4.98 Å². The van der Waals surface area contributed by atoms with Gasteiger partial charge in [0, 0.05) is 16.3 Å². The molecule has 0 saturated carbocycles. The summed E-state index contributed by atoms with van der Waals surface area (Å²) in [6.45, 7) is 10.1. The van der Waals surface area contributed by atoms with E-state index in [0.717, 1.165) is 44.1 Å². The lowest BCUT2D eigenvalue weighted by Gasteiger charge is -2.11. The highest BCUT2D eigenvalue weighted by molar-refractivity contribution is 5.98. The van der Waals surface area contributed by atoms with Crippen molar-refractivity contribution in [3.63, 3.8) is 0 Å². The molecule has 0 radical (unpaired) electrons. The number of pyridine rings is 1.